The number of aromatic nitrogens is 3. The number of piperazine rings is 1. The van der Waals surface area contributed by atoms with Crippen molar-refractivity contribution in [3.05, 3.63) is 72.1 Å². The fourth-order valence-corrected chi connectivity index (χ4v) is 5.56. The second kappa shape index (κ2) is 8.69. The topological polar surface area (TPSA) is 104 Å². The minimum atomic E-state index is -0.575. The van der Waals surface area contributed by atoms with Crippen molar-refractivity contribution in [3.8, 4) is 11.3 Å². The van der Waals surface area contributed by atoms with Gasteiger partial charge in [0.2, 0.25) is 5.91 Å². The average molecular weight is 495 g/mol. The summed E-state index contributed by atoms with van der Waals surface area (Å²) < 4.78 is 5.61. The van der Waals surface area contributed by atoms with E-state index in [1.165, 1.54) is 0 Å². The maximum absolute atomic E-state index is 13.7. The second-order valence-electron chi connectivity index (χ2n) is 10.0. The summed E-state index contributed by atoms with van der Waals surface area (Å²) in [6, 6.07) is 16.8. The molecule has 37 heavy (non-hydrogen) atoms. The fraction of sp³-hybridized carbons (Fsp3) is 0.321. The Morgan fingerprint density at radius 2 is 1.89 bits per heavy atom. The fourth-order valence-electron chi connectivity index (χ4n) is 5.56. The predicted molar refractivity (Wildman–Crippen MR) is 137 cm³/mol. The molecule has 3 fully saturated rings. The Labute approximate surface area is 213 Å². The summed E-state index contributed by atoms with van der Waals surface area (Å²) in [6.45, 7) is 2.03. The van der Waals surface area contributed by atoms with Crippen LogP contribution >= 0.6 is 0 Å². The molecule has 2 unspecified atom stereocenters. The molecule has 0 spiro atoms. The summed E-state index contributed by atoms with van der Waals surface area (Å²) in [7, 11) is 0. The molecule has 2 amide bonds. The van der Waals surface area contributed by atoms with Crippen LogP contribution < -0.4 is 10.2 Å². The standard InChI is InChI=1S/C28H26N6O3/c35-26(30-22-14-19-16-33(12-13-34(19)28(22)36)23-8-4-5-11-29-23)20-15-21(17-9-10-17)31-27-24(20)25(32-37-27)18-6-2-1-3-7-18/h1-8,11,15,17,19,22H,9-10,12-14,16H2,(H,30,35). The van der Waals surface area contributed by atoms with Crippen molar-refractivity contribution in [2.45, 2.75) is 37.3 Å². The van der Waals surface area contributed by atoms with E-state index in [-0.39, 0.29) is 17.9 Å². The molecule has 7 rings (SSSR count). The predicted octanol–water partition coefficient (Wildman–Crippen LogP) is 3.38. The maximum Gasteiger partial charge on any atom is 0.259 e. The summed E-state index contributed by atoms with van der Waals surface area (Å²) in [5.74, 6) is 0.922. The number of fused-ring (bicyclic) bond motifs is 2. The Balaban J connectivity index is 1.17. The van der Waals surface area contributed by atoms with Gasteiger partial charge in [-0.15, -0.1) is 0 Å². The molecule has 2 aliphatic heterocycles. The van der Waals surface area contributed by atoms with E-state index in [0.29, 0.717) is 47.8 Å². The number of hydrogen-bond donors (Lipinski definition) is 1. The highest BCUT2D eigenvalue weighted by molar-refractivity contribution is 6.10. The Hall–Kier alpha value is -4.27. The minimum Gasteiger partial charge on any atom is -0.353 e. The van der Waals surface area contributed by atoms with Gasteiger partial charge in [-0.25, -0.2) is 9.97 Å². The molecule has 4 aromatic rings. The largest absolute Gasteiger partial charge is 0.353 e. The Bertz CT molecular complexity index is 1480. The molecule has 186 valence electrons. The van der Waals surface area contributed by atoms with Crippen LogP contribution in [0.2, 0.25) is 0 Å². The van der Waals surface area contributed by atoms with Crippen LogP contribution in [0.25, 0.3) is 22.4 Å². The van der Waals surface area contributed by atoms with Gasteiger partial charge in [0, 0.05) is 43.0 Å². The van der Waals surface area contributed by atoms with Gasteiger partial charge in [-0.1, -0.05) is 41.6 Å². The molecule has 3 aromatic heterocycles. The van der Waals surface area contributed by atoms with Gasteiger partial charge < -0.3 is 19.6 Å². The lowest BCUT2D eigenvalue weighted by atomic mass is 10.0. The molecule has 2 saturated heterocycles. The summed E-state index contributed by atoms with van der Waals surface area (Å²) in [5, 5.41) is 7.89. The van der Waals surface area contributed by atoms with Gasteiger partial charge in [-0.3, -0.25) is 9.59 Å². The summed E-state index contributed by atoms with van der Waals surface area (Å²) >= 11 is 0. The van der Waals surface area contributed by atoms with Crippen LogP contribution in [-0.4, -0.2) is 63.6 Å². The molecule has 9 heteroatoms. The number of carbonyl (C=O) groups excluding carboxylic acids is 2. The first-order valence-corrected chi connectivity index (χ1v) is 12.8. The third-order valence-corrected chi connectivity index (χ3v) is 7.60. The van der Waals surface area contributed by atoms with Crippen LogP contribution in [0, 0.1) is 0 Å². The van der Waals surface area contributed by atoms with E-state index in [1.54, 1.807) is 6.20 Å². The van der Waals surface area contributed by atoms with Crippen molar-refractivity contribution in [2.75, 3.05) is 24.5 Å². The van der Waals surface area contributed by atoms with Crippen molar-refractivity contribution < 1.29 is 14.1 Å². The van der Waals surface area contributed by atoms with E-state index >= 15 is 0 Å². The van der Waals surface area contributed by atoms with E-state index in [0.717, 1.165) is 36.5 Å². The summed E-state index contributed by atoms with van der Waals surface area (Å²) in [6.07, 6.45) is 4.44. The summed E-state index contributed by atoms with van der Waals surface area (Å²) in [4.78, 5) is 40.2. The van der Waals surface area contributed by atoms with Crippen LogP contribution in [0.3, 0.4) is 0 Å². The molecule has 1 aromatic carbocycles. The zero-order chi connectivity index (χ0) is 24.9. The molecule has 2 atom stereocenters. The van der Waals surface area contributed by atoms with Crippen molar-refractivity contribution in [2.24, 2.45) is 0 Å². The number of hydrogen-bond acceptors (Lipinski definition) is 7. The van der Waals surface area contributed by atoms with Gasteiger partial charge >= 0.3 is 0 Å². The number of anilines is 1. The molecular weight excluding hydrogens is 468 g/mol. The molecule has 1 saturated carbocycles. The highest BCUT2D eigenvalue weighted by Crippen LogP contribution is 2.41. The molecule has 3 aliphatic rings. The maximum atomic E-state index is 13.7. The van der Waals surface area contributed by atoms with Gasteiger partial charge in [-0.2, -0.15) is 0 Å². The van der Waals surface area contributed by atoms with Crippen LogP contribution in [-0.2, 0) is 4.79 Å². The first kappa shape index (κ1) is 22.0. The van der Waals surface area contributed by atoms with E-state index in [4.69, 9.17) is 4.52 Å². The van der Waals surface area contributed by atoms with Crippen molar-refractivity contribution in [1.29, 1.82) is 0 Å². The lowest BCUT2D eigenvalue weighted by Gasteiger charge is -2.37. The van der Waals surface area contributed by atoms with Crippen molar-refractivity contribution >= 4 is 28.7 Å². The van der Waals surface area contributed by atoms with Gasteiger partial charge in [0.05, 0.1) is 17.0 Å². The number of carbonyl (C=O) groups is 2. The molecule has 9 nitrogen and oxygen atoms in total. The quantitative estimate of drug-likeness (QED) is 0.454. The van der Waals surface area contributed by atoms with Crippen LogP contribution in [0.15, 0.2) is 65.3 Å². The zero-order valence-corrected chi connectivity index (χ0v) is 20.2. The first-order chi connectivity index (χ1) is 18.2. The molecule has 5 heterocycles. The molecule has 0 radical (unpaired) electrons. The van der Waals surface area contributed by atoms with Crippen LogP contribution in [0.5, 0.6) is 0 Å². The van der Waals surface area contributed by atoms with Gasteiger partial charge in [0.25, 0.3) is 11.6 Å². The number of benzene rings is 1. The smallest absolute Gasteiger partial charge is 0.259 e. The zero-order valence-electron chi connectivity index (χ0n) is 20.2. The number of nitrogens with one attached hydrogen (secondary N) is 1. The lowest BCUT2D eigenvalue weighted by molar-refractivity contribution is -0.130. The Kier molecular flexibility index (Phi) is 5.16. The third kappa shape index (κ3) is 3.91. The molecule has 1 aliphatic carbocycles. The number of pyridine rings is 2. The highest BCUT2D eigenvalue weighted by atomic mass is 16.5. The van der Waals surface area contributed by atoms with Crippen molar-refractivity contribution in [3.63, 3.8) is 0 Å². The summed E-state index contributed by atoms with van der Waals surface area (Å²) in [5.41, 5.74) is 3.08. The van der Waals surface area contributed by atoms with Crippen LogP contribution in [0.4, 0.5) is 5.82 Å². The normalized spacial score (nSPS) is 21.4. The SMILES string of the molecule is O=C(NC1CC2CN(c3ccccn3)CCN2C1=O)c1cc(C2CC2)nc2onc(-c3ccccc3)c12. The van der Waals surface area contributed by atoms with Gasteiger partial charge in [-0.05, 0) is 37.5 Å². The number of nitrogens with zero attached hydrogens (tertiary/aromatic N) is 5. The van der Waals surface area contributed by atoms with Gasteiger partial charge in [0.1, 0.15) is 17.6 Å². The van der Waals surface area contributed by atoms with Gasteiger partial charge in [0.15, 0.2) is 0 Å². The highest BCUT2D eigenvalue weighted by Gasteiger charge is 2.43. The lowest BCUT2D eigenvalue weighted by Crippen LogP contribution is -2.52. The van der Waals surface area contributed by atoms with Crippen LogP contribution in [0.1, 0.15) is 41.2 Å². The van der Waals surface area contributed by atoms with E-state index in [1.807, 2.05) is 59.5 Å². The Morgan fingerprint density at radius 3 is 2.68 bits per heavy atom. The van der Waals surface area contributed by atoms with E-state index < -0.39 is 6.04 Å². The van der Waals surface area contributed by atoms with E-state index in [2.05, 4.69) is 25.3 Å². The third-order valence-electron chi connectivity index (χ3n) is 7.60. The van der Waals surface area contributed by atoms with Crippen molar-refractivity contribution in [1.82, 2.24) is 25.3 Å². The minimum absolute atomic E-state index is 0.0275. The monoisotopic (exact) mass is 494 g/mol. The number of amides is 2. The first-order valence-electron chi connectivity index (χ1n) is 12.8. The Morgan fingerprint density at radius 1 is 1.05 bits per heavy atom. The number of rotatable bonds is 5. The molecule has 1 N–H and O–H groups in total. The average Bonchev–Trinajstić information content (AvgIpc) is 3.64. The molecular formula is C28H26N6O3. The molecule has 0 bridgehead atoms. The second-order valence-corrected chi connectivity index (χ2v) is 10.0. The van der Waals surface area contributed by atoms with E-state index in [9.17, 15) is 9.59 Å².